The average Bonchev–Trinajstić information content (AvgIpc) is 3.12. The van der Waals surface area contributed by atoms with Gasteiger partial charge in [0.1, 0.15) is 10.8 Å². The van der Waals surface area contributed by atoms with Gasteiger partial charge in [0.15, 0.2) is 0 Å². The van der Waals surface area contributed by atoms with Crippen LogP contribution in [0.25, 0.3) is 0 Å². The molecule has 0 bridgehead atoms. The highest BCUT2D eigenvalue weighted by molar-refractivity contribution is 7.80. The van der Waals surface area contributed by atoms with Crippen LogP contribution >= 0.6 is 35.8 Å². The number of amides is 2. The lowest BCUT2D eigenvalue weighted by Crippen LogP contribution is -2.51. The third kappa shape index (κ3) is 4.59. The van der Waals surface area contributed by atoms with E-state index >= 15 is 0 Å². The van der Waals surface area contributed by atoms with E-state index in [-0.39, 0.29) is 23.2 Å². The molecule has 2 amide bonds. The molecule has 2 unspecified atom stereocenters. The van der Waals surface area contributed by atoms with Crippen molar-refractivity contribution in [1.82, 2.24) is 20.1 Å². The Hall–Kier alpha value is -1.84. The van der Waals surface area contributed by atoms with E-state index in [1.54, 1.807) is 12.3 Å². The van der Waals surface area contributed by atoms with Crippen LogP contribution in [-0.4, -0.2) is 58.8 Å². The minimum absolute atomic E-state index is 0.142. The molecule has 2 saturated heterocycles. The summed E-state index contributed by atoms with van der Waals surface area (Å²) in [6, 6.07) is 7.89. The Balaban J connectivity index is 1.21. The molecule has 1 aromatic heterocycles. The number of carbonyl (C=O) groups is 2. The standard InChI is InChI=1S/C23H25Cl2N5O2S/c24-17-5-6-26-21(20(17)25)29-9-7-28(8-10-29)12-14-1-2-16-15(11-14)13-30(23(16)33)18-3-4-19(31)27-22(18)32/h1-2,5-6,11,18,23,33H,3-4,7-10,12-13H2,(H,27,31,32). The van der Waals surface area contributed by atoms with Crippen LogP contribution in [-0.2, 0) is 22.7 Å². The van der Waals surface area contributed by atoms with Gasteiger partial charge in [0.25, 0.3) is 0 Å². The van der Waals surface area contributed by atoms with Crippen molar-refractivity contribution < 1.29 is 9.59 Å². The number of piperazine rings is 1. The van der Waals surface area contributed by atoms with Gasteiger partial charge in [-0.1, -0.05) is 41.4 Å². The summed E-state index contributed by atoms with van der Waals surface area (Å²) in [5.74, 6) is 0.333. The lowest BCUT2D eigenvalue weighted by atomic mass is 10.0. The molecule has 3 aliphatic heterocycles. The molecule has 4 heterocycles. The molecule has 5 rings (SSSR count). The zero-order valence-electron chi connectivity index (χ0n) is 18.0. The Morgan fingerprint density at radius 3 is 2.67 bits per heavy atom. The Morgan fingerprint density at radius 1 is 1.12 bits per heavy atom. The van der Waals surface area contributed by atoms with Crippen molar-refractivity contribution in [1.29, 1.82) is 0 Å². The van der Waals surface area contributed by atoms with Crippen LogP contribution in [0.3, 0.4) is 0 Å². The highest BCUT2D eigenvalue weighted by Crippen LogP contribution is 2.39. The summed E-state index contributed by atoms with van der Waals surface area (Å²) in [6.07, 6.45) is 2.60. The number of anilines is 1. The smallest absolute Gasteiger partial charge is 0.243 e. The average molecular weight is 506 g/mol. The van der Waals surface area contributed by atoms with Crippen molar-refractivity contribution in [3.63, 3.8) is 0 Å². The second-order valence-electron chi connectivity index (χ2n) is 8.74. The molecule has 1 N–H and O–H groups in total. The largest absolute Gasteiger partial charge is 0.353 e. The van der Waals surface area contributed by atoms with Crippen LogP contribution in [0.1, 0.15) is 34.9 Å². The molecular formula is C23H25Cl2N5O2S. The quantitative estimate of drug-likeness (QED) is 0.490. The molecule has 174 valence electrons. The second-order valence-corrected chi connectivity index (χ2v) is 10.0. The number of fused-ring (bicyclic) bond motifs is 1. The number of pyridine rings is 1. The number of hydrogen-bond acceptors (Lipinski definition) is 7. The topological polar surface area (TPSA) is 68.8 Å². The van der Waals surface area contributed by atoms with Gasteiger partial charge in [-0.15, -0.1) is 0 Å². The number of nitrogens with one attached hydrogen (secondary N) is 1. The monoisotopic (exact) mass is 505 g/mol. The van der Waals surface area contributed by atoms with Crippen LogP contribution in [0.2, 0.25) is 10.0 Å². The summed E-state index contributed by atoms with van der Waals surface area (Å²) in [5.41, 5.74) is 3.58. The number of benzene rings is 1. The van der Waals surface area contributed by atoms with Gasteiger partial charge in [0, 0.05) is 51.9 Å². The van der Waals surface area contributed by atoms with Gasteiger partial charge in [-0.3, -0.25) is 24.7 Å². The van der Waals surface area contributed by atoms with Crippen LogP contribution in [0, 0.1) is 0 Å². The van der Waals surface area contributed by atoms with Gasteiger partial charge in [0.2, 0.25) is 11.8 Å². The van der Waals surface area contributed by atoms with Gasteiger partial charge >= 0.3 is 0 Å². The highest BCUT2D eigenvalue weighted by atomic mass is 35.5. The van der Waals surface area contributed by atoms with E-state index in [4.69, 9.17) is 35.8 Å². The predicted molar refractivity (Wildman–Crippen MR) is 132 cm³/mol. The lowest BCUT2D eigenvalue weighted by molar-refractivity contribution is -0.137. The number of carbonyl (C=O) groups excluding carboxylic acids is 2. The molecule has 10 heteroatoms. The highest BCUT2D eigenvalue weighted by Gasteiger charge is 2.39. The number of thiol groups is 1. The van der Waals surface area contributed by atoms with Crippen molar-refractivity contribution in [3.8, 4) is 0 Å². The summed E-state index contributed by atoms with van der Waals surface area (Å²) < 4.78 is 0. The second kappa shape index (κ2) is 9.43. The van der Waals surface area contributed by atoms with Crippen LogP contribution in [0.15, 0.2) is 30.5 Å². The molecule has 0 saturated carbocycles. The van der Waals surface area contributed by atoms with E-state index in [0.717, 1.165) is 44.1 Å². The molecule has 7 nitrogen and oxygen atoms in total. The molecular weight excluding hydrogens is 481 g/mol. The molecule has 2 fully saturated rings. The number of nitrogens with zero attached hydrogens (tertiary/aromatic N) is 4. The fraction of sp³-hybridized carbons (Fsp3) is 0.435. The molecule has 1 aromatic carbocycles. The zero-order chi connectivity index (χ0) is 23.1. The molecule has 0 spiro atoms. The lowest BCUT2D eigenvalue weighted by Gasteiger charge is -2.35. The van der Waals surface area contributed by atoms with E-state index < -0.39 is 0 Å². The van der Waals surface area contributed by atoms with Crippen LogP contribution in [0.4, 0.5) is 5.82 Å². The first kappa shape index (κ1) is 22.9. The summed E-state index contributed by atoms with van der Waals surface area (Å²) in [6.45, 7) is 4.99. The molecule has 2 atom stereocenters. The predicted octanol–water partition coefficient (Wildman–Crippen LogP) is 3.26. The third-order valence-corrected chi connectivity index (χ3v) is 8.02. The van der Waals surface area contributed by atoms with Crippen molar-refractivity contribution in [3.05, 3.63) is 57.2 Å². The SMILES string of the molecule is O=C1CCC(N2Cc3cc(CN4CCN(c5nccc(Cl)c5Cl)CC4)ccc3C2S)C(=O)N1. The van der Waals surface area contributed by atoms with Crippen LogP contribution < -0.4 is 10.2 Å². The maximum atomic E-state index is 12.3. The number of aromatic nitrogens is 1. The van der Waals surface area contributed by atoms with E-state index in [1.165, 1.54) is 11.1 Å². The summed E-state index contributed by atoms with van der Waals surface area (Å²) in [7, 11) is 0. The number of hydrogen-bond donors (Lipinski definition) is 2. The summed E-state index contributed by atoms with van der Waals surface area (Å²) in [4.78, 5) is 34.9. The number of piperidine rings is 1. The summed E-state index contributed by atoms with van der Waals surface area (Å²) >= 11 is 17.3. The summed E-state index contributed by atoms with van der Waals surface area (Å²) in [5, 5.41) is 3.35. The number of halogens is 2. The van der Waals surface area contributed by atoms with Crippen molar-refractivity contribution in [2.75, 3.05) is 31.1 Å². The molecule has 2 aromatic rings. The first-order valence-electron chi connectivity index (χ1n) is 11.1. The van der Waals surface area contributed by atoms with Gasteiger partial charge in [-0.05, 0) is 29.2 Å². The maximum absolute atomic E-state index is 12.3. The van der Waals surface area contributed by atoms with Gasteiger partial charge in [0.05, 0.1) is 16.4 Å². The Kier molecular flexibility index (Phi) is 6.55. The number of rotatable bonds is 4. The van der Waals surface area contributed by atoms with Gasteiger partial charge in [-0.2, -0.15) is 12.6 Å². The fourth-order valence-electron chi connectivity index (χ4n) is 4.89. The minimum Gasteiger partial charge on any atom is -0.353 e. The van der Waals surface area contributed by atoms with E-state index in [2.05, 4.69) is 43.2 Å². The normalized spacial score (nSPS) is 24.2. The minimum atomic E-state index is -0.318. The zero-order valence-corrected chi connectivity index (χ0v) is 20.4. The first-order chi connectivity index (χ1) is 15.9. The molecule has 0 aliphatic carbocycles. The number of imide groups is 1. The Labute approximate surface area is 208 Å². The van der Waals surface area contributed by atoms with Crippen molar-refractivity contribution in [2.45, 2.75) is 37.3 Å². The fourth-order valence-corrected chi connectivity index (χ4v) is 5.76. The molecule has 3 aliphatic rings. The van der Waals surface area contributed by atoms with E-state index in [1.807, 2.05) is 0 Å². The van der Waals surface area contributed by atoms with Gasteiger partial charge < -0.3 is 4.90 Å². The van der Waals surface area contributed by atoms with E-state index in [0.29, 0.717) is 29.4 Å². The Morgan fingerprint density at radius 2 is 1.91 bits per heavy atom. The van der Waals surface area contributed by atoms with Crippen molar-refractivity contribution in [2.24, 2.45) is 0 Å². The van der Waals surface area contributed by atoms with E-state index in [9.17, 15) is 9.59 Å². The van der Waals surface area contributed by atoms with Crippen LogP contribution in [0.5, 0.6) is 0 Å². The Bertz CT molecular complexity index is 1090. The first-order valence-corrected chi connectivity index (χ1v) is 12.3. The van der Waals surface area contributed by atoms with Gasteiger partial charge in [-0.25, -0.2) is 4.98 Å². The molecule has 33 heavy (non-hydrogen) atoms. The third-order valence-electron chi connectivity index (χ3n) is 6.66. The van der Waals surface area contributed by atoms with Crippen molar-refractivity contribution >= 4 is 53.5 Å². The molecule has 0 radical (unpaired) electrons. The maximum Gasteiger partial charge on any atom is 0.243 e.